The molecule has 0 aromatic rings. The first-order chi connectivity index (χ1) is 9.54. The minimum Gasteiger partial charge on any atom is -0.393 e. The molecule has 1 saturated heterocycles. The fourth-order valence-corrected chi connectivity index (χ4v) is 3.76. The summed E-state index contributed by atoms with van der Waals surface area (Å²) in [5.74, 6) is 0.287. The van der Waals surface area contributed by atoms with Gasteiger partial charge in [-0.3, -0.25) is 0 Å². The molecule has 0 aromatic heterocycles. The molecular formula is C16H30N2OS. The highest BCUT2D eigenvalue weighted by molar-refractivity contribution is 7.80. The minimum absolute atomic E-state index is 0.233. The van der Waals surface area contributed by atoms with Gasteiger partial charge in [0.05, 0.1) is 16.7 Å². The van der Waals surface area contributed by atoms with Crippen LogP contribution in [-0.4, -0.2) is 41.2 Å². The maximum absolute atomic E-state index is 6.46. The molecule has 2 fully saturated rings. The van der Waals surface area contributed by atoms with Crippen LogP contribution in [0.5, 0.6) is 0 Å². The van der Waals surface area contributed by atoms with Crippen LogP contribution in [-0.2, 0) is 4.74 Å². The molecule has 1 aliphatic carbocycles. The van der Waals surface area contributed by atoms with Gasteiger partial charge in [0, 0.05) is 19.0 Å². The first kappa shape index (κ1) is 16.2. The molecule has 1 aliphatic heterocycles. The highest BCUT2D eigenvalue weighted by Gasteiger charge is 2.41. The van der Waals surface area contributed by atoms with Crippen molar-refractivity contribution in [3.63, 3.8) is 0 Å². The summed E-state index contributed by atoms with van der Waals surface area (Å²) < 4.78 is 6.46. The Morgan fingerprint density at radius 2 is 2.05 bits per heavy atom. The number of rotatable bonds is 6. The summed E-state index contributed by atoms with van der Waals surface area (Å²) in [5.41, 5.74) is 5.97. The maximum Gasteiger partial charge on any atom is 0.0768 e. The van der Waals surface area contributed by atoms with Crippen LogP contribution in [0.15, 0.2) is 0 Å². The van der Waals surface area contributed by atoms with Gasteiger partial charge in [-0.05, 0) is 32.2 Å². The number of likely N-dealkylation sites (N-methyl/N-ethyl adjacent to an activating group) is 1. The van der Waals surface area contributed by atoms with Gasteiger partial charge in [-0.1, -0.05) is 45.3 Å². The number of hydrogen-bond acceptors (Lipinski definition) is 3. The van der Waals surface area contributed by atoms with E-state index < -0.39 is 0 Å². The average molecular weight is 298 g/mol. The van der Waals surface area contributed by atoms with Crippen molar-refractivity contribution in [2.75, 3.05) is 19.6 Å². The lowest BCUT2D eigenvalue weighted by molar-refractivity contribution is -0.0718. The third-order valence-corrected chi connectivity index (χ3v) is 5.43. The topological polar surface area (TPSA) is 38.5 Å². The first-order valence-corrected chi connectivity index (χ1v) is 8.65. The number of ether oxygens (including phenoxy) is 1. The lowest BCUT2D eigenvalue weighted by Crippen LogP contribution is -2.40. The molecule has 1 saturated carbocycles. The third kappa shape index (κ3) is 4.15. The zero-order valence-corrected chi connectivity index (χ0v) is 13.9. The quantitative estimate of drug-likeness (QED) is 0.765. The third-order valence-electron chi connectivity index (χ3n) is 5.03. The SMILES string of the molecule is CCN(CC1CCC2(CCCCC2)O1)CC(C)C(N)=S. The highest BCUT2D eigenvalue weighted by Crippen LogP contribution is 2.42. The van der Waals surface area contributed by atoms with Gasteiger partial charge in [-0.25, -0.2) is 0 Å². The second-order valence-corrected chi connectivity index (χ2v) is 7.15. The average Bonchev–Trinajstić information content (AvgIpc) is 2.81. The van der Waals surface area contributed by atoms with Crippen molar-refractivity contribution in [3.05, 3.63) is 0 Å². The predicted octanol–water partition coefficient (Wildman–Crippen LogP) is 3.11. The molecule has 0 radical (unpaired) electrons. The largest absolute Gasteiger partial charge is 0.393 e. The number of nitrogens with two attached hydrogens (primary N) is 1. The van der Waals surface area contributed by atoms with Gasteiger partial charge in [0.15, 0.2) is 0 Å². The minimum atomic E-state index is 0.233. The molecule has 2 atom stereocenters. The van der Waals surface area contributed by atoms with Crippen molar-refractivity contribution in [1.82, 2.24) is 4.90 Å². The van der Waals surface area contributed by atoms with Gasteiger partial charge in [-0.15, -0.1) is 0 Å². The van der Waals surface area contributed by atoms with Crippen LogP contribution in [0.2, 0.25) is 0 Å². The normalized spacial score (nSPS) is 27.1. The van der Waals surface area contributed by atoms with E-state index in [1.54, 1.807) is 0 Å². The first-order valence-electron chi connectivity index (χ1n) is 8.24. The molecule has 2 rings (SSSR count). The van der Waals surface area contributed by atoms with Crippen LogP contribution in [0, 0.1) is 5.92 Å². The van der Waals surface area contributed by atoms with E-state index in [0.717, 1.165) is 19.6 Å². The lowest BCUT2D eigenvalue weighted by atomic mass is 9.83. The van der Waals surface area contributed by atoms with Gasteiger partial charge in [0.2, 0.25) is 0 Å². The Morgan fingerprint density at radius 1 is 1.35 bits per heavy atom. The van der Waals surface area contributed by atoms with Crippen LogP contribution in [0.4, 0.5) is 0 Å². The molecule has 2 aliphatic rings. The van der Waals surface area contributed by atoms with Crippen molar-refractivity contribution < 1.29 is 4.74 Å². The summed E-state index contributed by atoms with van der Waals surface area (Å²) >= 11 is 5.08. The molecule has 2 unspecified atom stereocenters. The van der Waals surface area contributed by atoms with Gasteiger partial charge in [-0.2, -0.15) is 0 Å². The molecule has 2 N–H and O–H groups in total. The Hall–Kier alpha value is -0.190. The summed E-state index contributed by atoms with van der Waals surface area (Å²) in [4.78, 5) is 3.07. The van der Waals surface area contributed by atoms with Crippen molar-refractivity contribution in [2.45, 2.75) is 70.5 Å². The summed E-state index contributed by atoms with van der Waals surface area (Å²) in [6, 6.07) is 0. The Morgan fingerprint density at radius 3 is 2.65 bits per heavy atom. The second kappa shape index (κ2) is 7.19. The second-order valence-electron chi connectivity index (χ2n) is 6.68. The summed E-state index contributed by atoms with van der Waals surface area (Å²) in [6.45, 7) is 7.35. The van der Waals surface area contributed by atoms with E-state index in [2.05, 4.69) is 18.7 Å². The van der Waals surface area contributed by atoms with Gasteiger partial charge in [0.1, 0.15) is 0 Å². The molecule has 116 valence electrons. The highest BCUT2D eigenvalue weighted by atomic mass is 32.1. The molecule has 1 spiro atoms. The molecule has 0 bridgehead atoms. The smallest absolute Gasteiger partial charge is 0.0768 e. The van der Waals surface area contributed by atoms with E-state index in [4.69, 9.17) is 22.7 Å². The molecule has 0 aromatic carbocycles. The van der Waals surface area contributed by atoms with Gasteiger partial charge in [0.25, 0.3) is 0 Å². The number of thiocarbonyl (C=S) groups is 1. The standard InChI is InChI=1S/C16H30N2OS/c1-3-18(11-13(2)15(17)20)12-14-7-10-16(19-14)8-5-4-6-9-16/h13-14H,3-12H2,1-2H3,(H2,17,20). The van der Waals surface area contributed by atoms with Crippen LogP contribution in [0.25, 0.3) is 0 Å². The summed E-state index contributed by atoms with van der Waals surface area (Å²) in [6.07, 6.45) is 9.54. The van der Waals surface area contributed by atoms with E-state index in [1.807, 2.05) is 0 Å². The number of hydrogen-bond donors (Lipinski definition) is 1. The van der Waals surface area contributed by atoms with Crippen LogP contribution < -0.4 is 5.73 Å². The molecule has 3 nitrogen and oxygen atoms in total. The monoisotopic (exact) mass is 298 g/mol. The van der Waals surface area contributed by atoms with Crippen molar-refractivity contribution >= 4 is 17.2 Å². The van der Waals surface area contributed by atoms with Crippen LogP contribution in [0.3, 0.4) is 0 Å². The van der Waals surface area contributed by atoms with Gasteiger partial charge < -0.3 is 15.4 Å². The van der Waals surface area contributed by atoms with Crippen LogP contribution in [0.1, 0.15) is 58.8 Å². The molecule has 4 heteroatoms. The van der Waals surface area contributed by atoms with Gasteiger partial charge >= 0.3 is 0 Å². The number of nitrogens with zero attached hydrogens (tertiary/aromatic N) is 1. The van der Waals surface area contributed by atoms with E-state index in [1.165, 1.54) is 44.9 Å². The van der Waals surface area contributed by atoms with E-state index in [-0.39, 0.29) is 11.5 Å². The maximum atomic E-state index is 6.46. The van der Waals surface area contributed by atoms with Crippen LogP contribution >= 0.6 is 12.2 Å². The zero-order valence-electron chi connectivity index (χ0n) is 13.1. The van der Waals surface area contributed by atoms with Crippen molar-refractivity contribution in [3.8, 4) is 0 Å². The van der Waals surface area contributed by atoms with E-state index in [9.17, 15) is 0 Å². The Kier molecular flexibility index (Phi) is 5.82. The molecular weight excluding hydrogens is 268 g/mol. The molecule has 20 heavy (non-hydrogen) atoms. The lowest BCUT2D eigenvalue weighted by Gasteiger charge is -2.34. The van der Waals surface area contributed by atoms with E-state index >= 15 is 0 Å². The van der Waals surface area contributed by atoms with Crippen molar-refractivity contribution in [1.29, 1.82) is 0 Å². The van der Waals surface area contributed by atoms with Crippen molar-refractivity contribution in [2.24, 2.45) is 11.7 Å². The fourth-order valence-electron chi connectivity index (χ4n) is 3.69. The predicted molar refractivity (Wildman–Crippen MR) is 88.0 cm³/mol. The Balaban J connectivity index is 1.81. The summed E-state index contributed by atoms with van der Waals surface area (Å²) in [5, 5.41) is 0. The summed E-state index contributed by atoms with van der Waals surface area (Å²) in [7, 11) is 0. The fraction of sp³-hybridized carbons (Fsp3) is 0.938. The Bertz CT molecular complexity index is 328. The molecule has 0 amide bonds. The zero-order chi connectivity index (χ0) is 14.6. The Labute approximate surface area is 129 Å². The molecule has 1 heterocycles. The van der Waals surface area contributed by atoms with E-state index in [0.29, 0.717) is 11.1 Å².